The number of methoxy groups -OCH3 is 2. The topological polar surface area (TPSA) is 66.4 Å². The van der Waals surface area contributed by atoms with Crippen LogP contribution in [0.1, 0.15) is 24.2 Å². The van der Waals surface area contributed by atoms with Crippen LogP contribution < -0.4 is 14.2 Å². The fraction of sp³-hybridized carbons (Fsp3) is 0.179. The molecule has 0 aliphatic rings. The molecule has 5 aromatic rings. The molecule has 0 amide bonds. The van der Waals surface area contributed by atoms with E-state index in [-0.39, 0.29) is 7.43 Å². The summed E-state index contributed by atoms with van der Waals surface area (Å²) in [5, 5.41) is 3.09. The predicted octanol–water partition coefficient (Wildman–Crippen LogP) is 6.00. The van der Waals surface area contributed by atoms with Gasteiger partial charge in [0.05, 0.1) is 14.2 Å². The minimum Gasteiger partial charge on any atom is -0.493 e. The van der Waals surface area contributed by atoms with Crippen LogP contribution in [-0.2, 0) is 13.0 Å². The summed E-state index contributed by atoms with van der Waals surface area (Å²) in [6.07, 6.45) is 7.88. The van der Waals surface area contributed by atoms with Gasteiger partial charge in [0.2, 0.25) is 0 Å². The Kier molecular flexibility index (Phi) is 6.87. The van der Waals surface area contributed by atoms with E-state index in [0.29, 0.717) is 24.5 Å². The summed E-state index contributed by atoms with van der Waals surface area (Å²) in [6, 6.07) is 18.0. The molecule has 0 aliphatic carbocycles. The summed E-state index contributed by atoms with van der Waals surface area (Å²) in [4.78, 5) is 13.4. The Labute approximate surface area is 199 Å². The highest BCUT2D eigenvalue weighted by molar-refractivity contribution is 5.89. The van der Waals surface area contributed by atoms with Crippen molar-refractivity contribution in [3.05, 3.63) is 96.2 Å². The molecule has 0 bridgehead atoms. The SMILES string of the molecule is C.COc1cc2cncc(Cc3ccc4cccc(OCc5ccncc5)c4n3)c2cc1OC. The Balaban J connectivity index is 0.00000274. The first kappa shape index (κ1) is 23.0. The molecule has 34 heavy (non-hydrogen) atoms. The Morgan fingerprint density at radius 3 is 2.35 bits per heavy atom. The van der Waals surface area contributed by atoms with Gasteiger partial charge in [0, 0.05) is 47.7 Å². The number of benzene rings is 2. The Bertz CT molecular complexity index is 1420. The van der Waals surface area contributed by atoms with E-state index < -0.39 is 0 Å². The Morgan fingerprint density at radius 2 is 1.56 bits per heavy atom. The second-order valence-electron chi connectivity index (χ2n) is 7.68. The molecule has 5 rings (SSSR count). The van der Waals surface area contributed by atoms with Crippen molar-refractivity contribution >= 4 is 21.7 Å². The fourth-order valence-electron chi connectivity index (χ4n) is 3.91. The first-order valence-corrected chi connectivity index (χ1v) is 10.6. The lowest BCUT2D eigenvalue weighted by atomic mass is 10.0. The van der Waals surface area contributed by atoms with Gasteiger partial charge >= 0.3 is 0 Å². The van der Waals surface area contributed by atoms with Crippen LogP contribution in [-0.4, -0.2) is 29.2 Å². The van der Waals surface area contributed by atoms with E-state index in [0.717, 1.165) is 44.2 Å². The van der Waals surface area contributed by atoms with Crippen molar-refractivity contribution in [2.24, 2.45) is 0 Å². The van der Waals surface area contributed by atoms with Crippen molar-refractivity contribution in [2.75, 3.05) is 14.2 Å². The Hall–Kier alpha value is -4.19. The van der Waals surface area contributed by atoms with Gasteiger partial charge in [0.15, 0.2) is 11.5 Å². The monoisotopic (exact) mass is 453 g/mol. The molecule has 3 heterocycles. The third kappa shape index (κ3) is 4.62. The van der Waals surface area contributed by atoms with Crippen LogP contribution in [0.25, 0.3) is 21.7 Å². The van der Waals surface area contributed by atoms with E-state index in [2.05, 4.69) is 22.1 Å². The zero-order valence-electron chi connectivity index (χ0n) is 18.5. The normalized spacial score (nSPS) is 10.6. The summed E-state index contributed by atoms with van der Waals surface area (Å²) < 4.78 is 17.0. The molecule has 6 heteroatoms. The van der Waals surface area contributed by atoms with Gasteiger partial charge in [-0.15, -0.1) is 0 Å². The summed E-state index contributed by atoms with van der Waals surface area (Å²) in [5.41, 5.74) is 3.91. The molecule has 0 N–H and O–H groups in total. The van der Waals surface area contributed by atoms with Gasteiger partial charge in [-0.1, -0.05) is 25.6 Å². The number of nitrogens with zero attached hydrogens (tertiary/aromatic N) is 3. The molecular formula is C28H27N3O3. The molecule has 0 radical (unpaired) electrons. The maximum absolute atomic E-state index is 6.10. The third-order valence-electron chi connectivity index (χ3n) is 5.60. The number of rotatable bonds is 7. The smallest absolute Gasteiger partial charge is 0.161 e. The lowest BCUT2D eigenvalue weighted by Gasteiger charge is -2.12. The van der Waals surface area contributed by atoms with Crippen LogP contribution in [0.15, 0.2) is 79.4 Å². The predicted molar refractivity (Wildman–Crippen MR) is 135 cm³/mol. The average Bonchev–Trinajstić information content (AvgIpc) is 2.87. The highest BCUT2D eigenvalue weighted by Crippen LogP contribution is 2.34. The van der Waals surface area contributed by atoms with Crippen molar-refractivity contribution < 1.29 is 14.2 Å². The molecule has 0 spiro atoms. The molecule has 0 atom stereocenters. The van der Waals surface area contributed by atoms with Crippen LogP contribution in [0.4, 0.5) is 0 Å². The number of hydrogen-bond donors (Lipinski definition) is 0. The molecule has 0 fully saturated rings. The molecule has 0 aliphatic heterocycles. The summed E-state index contributed by atoms with van der Waals surface area (Å²) in [6.45, 7) is 0.461. The lowest BCUT2D eigenvalue weighted by molar-refractivity contribution is 0.309. The average molecular weight is 454 g/mol. The maximum Gasteiger partial charge on any atom is 0.161 e. The van der Waals surface area contributed by atoms with Gasteiger partial charge < -0.3 is 14.2 Å². The second-order valence-corrected chi connectivity index (χ2v) is 7.68. The minimum absolute atomic E-state index is 0. The molecule has 3 aromatic heterocycles. The number of ether oxygens (including phenoxy) is 3. The first-order chi connectivity index (χ1) is 16.2. The van der Waals surface area contributed by atoms with Gasteiger partial charge in [0.1, 0.15) is 17.9 Å². The number of fused-ring (bicyclic) bond motifs is 2. The molecular weight excluding hydrogens is 426 g/mol. The fourth-order valence-corrected chi connectivity index (χ4v) is 3.91. The second kappa shape index (κ2) is 10.2. The quantitative estimate of drug-likeness (QED) is 0.301. The lowest BCUT2D eigenvalue weighted by Crippen LogP contribution is -1.99. The molecule has 0 saturated heterocycles. The summed E-state index contributed by atoms with van der Waals surface area (Å²) >= 11 is 0. The van der Waals surface area contributed by atoms with Gasteiger partial charge in [-0.05, 0) is 52.9 Å². The van der Waals surface area contributed by atoms with Crippen molar-refractivity contribution in [1.82, 2.24) is 15.0 Å². The van der Waals surface area contributed by atoms with Crippen LogP contribution in [0.3, 0.4) is 0 Å². The molecule has 0 unspecified atom stereocenters. The Morgan fingerprint density at radius 1 is 0.765 bits per heavy atom. The standard InChI is InChI=1S/C27H23N3O3.CH4/c1-31-25-13-21-16-29-15-20(23(21)14-26(25)32-2)12-22-7-6-19-4-3-5-24(27(19)30-22)33-17-18-8-10-28-11-9-18;/h3-11,13-16H,12,17H2,1-2H3;1H4. The van der Waals surface area contributed by atoms with Crippen LogP contribution in [0.2, 0.25) is 0 Å². The van der Waals surface area contributed by atoms with Crippen molar-refractivity contribution in [2.45, 2.75) is 20.5 Å². The third-order valence-corrected chi connectivity index (χ3v) is 5.60. The largest absolute Gasteiger partial charge is 0.493 e. The zero-order valence-corrected chi connectivity index (χ0v) is 18.5. The van der Waals surface area contributed by atoms with Gasteiger partial charge in [-0.2, -0.15) is 0 Å². The van der Waals surface area contributed by atoms with Crippen molar-refractivity contribution in [3.8, 4) is 17.2 Å². The van der Waals surface area contributed by atoms with Gasteiger partial charge in [-0.3, -0.25) is 9.97 Å². The number of para-hydroxylation sites is 1. The highest BCUT2D eigenvalue weighted by Gasteiger charge is 2.12. The maximum atomic E-state index is 6.10. The summed E-state index contributed by atoms with van der Waals surface area (Å²) in [5.74, 6) is 2.13. The summed E-state index contributed by atoms with van der Waals surface area (Å²) in [7, 11) is 3.28. The molecule has 0 saturated carbocycles. The van der Waals surface area contributed by atoms with Crippen LogP contribution in [0, 0.1) is 0 Å². The molecule has 6 nitrogen and oxygen atoms in total. The zero-order chi connectivity index (χ0) is 22.6. The van der Waals surface area contributed by atoms with E-state index in [4.69, 9.17) is 19.2 Å². The highest BCUT2D eigenvalue weighted by atomic mass is 16.5. The van der Waals surface area contributed by atoms with E-state index in [9.17, 15) is 0 Å². The minimum atomic E-state index is 0. The van der Waals surface area contributed by atoms with Gasteiger partial charge in [-0.25, -0.2) is 4.98 Å². The first-order valence-electron chi connectivity index (χ1n) is 10.6. The van der Waals surface area contributed by atoms with E-state index in [1.807, 2.05) is 54.9 Å². The number of hydrogen-bond acceptors (Lipinski definition) is 6. The van der Waals surface area contributed by atoms with Crippen LogP contribution >= 0.6 is 0 Å². The van der Waals surface area contributed by atoms with Crippen LogP contribution in [0.5, 0.6) is 17.2 Å². The van der Waals surface area contributed by atoms with Crippen molar-refractivity contribution in [3.63, 3.8) is 0 Å². The van der Waals surface area contributed by atoms with E-state index >= 15 is 0 Å². The number of aromatic nitrogens is 3. The molecule has 172 valence electrons. The van der Waals surface area contributed by atoms with Gasteiger partial charge in [0.25, 0.3) is 0 Å². The number of pyridine rings is 3. The van der Waals surface area contributed by atoms with E-state index in [1.54, 1.807) is 26.6 Å². The molecule has 2 aromatic carbocycles. The van der Waals surface area contributed by atoms with E-state index in [1.165, 1.54) is 0 Å². The van der Waals surface area contributed by atoms with Crippen molar-refractivity contribution in [1.29, 1.82) is 0 Å².